The van der Waals surface area contributed by atoms with E-state index in [1.54, 1.807) is 6.07 Å². The zero-order valence-corrected chi connectivity index (χ0v) is 18.7. The molecule has 0 aliphatic carbocycles. The second-order valence-corrected chi connectivity index (χ2v) is 7.89. The summed E-state index contributed by atoms with van der Waals surface area (Å²) in [5.41, 5.74) is 4.41. The van der Waals surface area contributed by atoms with Crippen LogP contribution in [0, 0.1) is 10.1 Å². The van der Waals surface area contributed by atoms with Crippen LogP contribution in [0.15, 0.2) is 24.5 Å². The molecule has 1 saturated heterocycles. The number of likely N-dealkylation sites (tertiary alicyclic amines) is 1. The molecule has 13 heteroatoms. The van der Waals surface area contributed by atoms with Crippen LogP contribution in [0.3, 0.4) is 0 Å². The molecule has 0 atom stereocenters. The van der Waals surface area contributed by atoms with Crippen molar-refractivity contribution in [3.63, 3.8) is 0 Å². The summed E-state index contributed by atoms with van der Waals surface area (Å²) in [5.74, 6) is -0.394. The number of carbonyl (C=O) groups excluding carboxylic acids is 1. The Labute approximate surface area is 194 Å². The number of halogens is 2. The molecule has 0 spiro atoms. The Morgan fingerprint density at radius 1 is 1.19 bits per heavy atom. The summed E-state index contributed by atoms with van der Waals surface area (Å²) in [6.07, 6.45) is 4.74. The van der Waals surface area contributed by atoms with Crippen molar-refractivity contribution in [2.45, 2.75) is 19.3 Å². The number of hydrogen-bond acceptors (Lipinski definition) is 9. The fourth-order valence-corrected chi connectivity index (χ4v) is 3.65. The molecule has 0 radical (unpaired) electrons. The number of rotatable bonds is 10. The number of nitro groups is 1. The molecule has 1 aromatic heterocycles. The minimum atomic E-state index is -0.609. The van der Waals surface area contributed by atoms with Crippen LogP contribution in [0.2, 0.25) is 10.0 Å². The Hall–Kier alpha value is -2.89. The highest BCUT2D eigenvalue weighted by Crippen LogP contribution is 2.29. The van der Waals surface area contributed by atoms with Gasteiger partial charge in [-0.15, -0.1) is 0 Å². The molecular weight excluding hydrogens is 461 g/mol. The number of ether oxygens (including phenoxy) is 1. The van der Waals surface area contributed by atoms with Gasteiger partial charge in [-0.25, -0.2) is 9.97 Å². The van der Waals surface area contributed by atoms with E-state index in [9.17, 15) is 14.9 Å². The van der Waals surface area contributed by atoms with Crippen molar-refractivity contribution in [1.29, 1.82) is 0 Å². The van der Waals surface area contributed by atoms with E-state index in [1.807, 2.05) is 0 Å². The van der Waals surface area contributed by atoms with Crippen LogP contribution in [0.25, 0.3) is 0 Å². The molecule has 1 amide bonds. The first-order valence-corrected chi connectivity index (χ1v) is 10.8. The van der Waals surface area contributed by atoms with Crippen LogP contribution in [0.5, 0.6) is 5.75 Å². The first-order valence-electron chi connectivity index (χ1n) is 10.0. The Balaban J connectivity index is 1.55. The topological polar surface area (TPSA) is 135 Å². The van der Waals surface area contributed by atoms with E-state index in [0.29, 0.717) is 11.6 Å². The predicted molar refractivity (Wildman–Crippen MR) is 121 cm³/mol. The molecule has 3 N–H and O–H groups in total. The summed E-state index contributed by atoms with van der Waals surface area (Å²) < 4.78 is 5.33. The van der Waals surface area contributed by atoms with Gasteiger partial charge in [0.05, 0.1) is 9.95 Å². The minimum absolute atomic E-state index is 0.0722. The van der Waals surface area contributed by atoms with Crippen molar-refractivity contribution in [2.75, 3.05) is 43.5 Å². The van der Waals surface area contributed by atoms with Crippen LogP contribution in [-0.2, 0) is 4.79 Å². The molecule has 1 aliphatic rings. The number of amides is 1. The molecule has 0 unspecified atom stereocenters. The van der Waals surface area contributed by atoms with Crippen molar-refractivity contribution in [2.24, 2.45) is 0 Å². The molecule has 1 fully saturated rings. The van der Waals surface area contributed by atoms with Crippen LogP contribution < -0.4 is 20.9 Å². The predicted octanol–water partition coefficient (Wildman–Crippen LogP) is 3.11. The van der Waals surface area contributed by atoms with Crippen molar-refractivity contribution < 1.29 is 14.5 Å². The Morgan fingerprint density at radius 2 is 1.94 bits per heavy atom. The standard InChI is InChI=1S/C19H23Cl2N7O4/c20-13-4-5-15(14(21)10-13)32-11-16(29)25-26-19-17(28(30)31)18(23-12-24-19)22-6-9-27-7-2-1-3-8-27/h4-5,10,12H,1-3,6-9,11H2,(H,25,29)(H2,22,23,24,26). The van der Waals surface area contributed by atoms with Gasteiger partial charge >= 0.3 is 5.69 Å². The van der Waals surface area contributed by atoms with Crippen LogP contribution in [0.1, 0.15) is 19.3 Å². The van der Waals surface area contributed by atoms with E-state index >= 15 is 0 Å². The molecule has 2 aromatic rings. The summed E-state index contributed by atoms with van der Waals surface area (Å²) in [4.78, 5) is 33.2. The zero-order chi connectivity index (χ0) is 22.9. The lowest BCUT2D eigenvalue weighted by atomic mass is 10.1. The van der Waals surface area contributed by atoms with Gasteiger partial charge < -0.3 is 15.0 Å². The number of piperidine rings is 1. The summed E-state index contributed by atoms with van der Waals surface area (Å²) >= 11 is 11.8. The number of nitrogens with one attached hydrogen (secondary N) is 3. The normalized spacial score (nSPS) is 13.9. The smallest absolute Gasteiger partial charge is 0.354 e. The molecule has 32 heavy (non-hydrogen) atoms. The van der Waals surface area contributed by atoms with Crippen LogP contribution >= 0.6 is 23.2 Å². The number of nitrogens with zero attached hydrogens (tertiary/aromatic N) is 4. The monoisotopic (exact) mass is 483 g/mol. The van der Waals surface area contributed by atoms with Crippen LogP contribution in [0.4, 0.5) is 17.3 Å². The largest absolute Gasteiger partial charge is 0.482 e. The van der Waals surface area contributed by atoms with Crippen molar-refractivity contribution >= 4 is 46.4 Å². The highest BCUT2D eigenvalue weighted by Gasteiger charge is 2.23. The lowest BCUT2D eigenvalue weighted by molar-refractivity contribution is -0.383. The molecule has 0 saturated carbocycles. The first kappa shape index (κ1) is 23.8. The van der Waals surface area contributed by atoms with Gasteiger partial charge in [0.15, 0.2) is 6.61 Å². The Kier molecular flexibility index (Phi) is 8.65. The van der Waals surface area contributed by atoms with Crippen molar-refractivity contribution in [1.82, 2.24) is 20.3 Å². The van der Waals surface area contributed by atoms with E-state index in [1.165, 1.54) is 24.9 Å². The van der Waals surface area contributed by atoms with E-state index in [0.717, 1.165) is 32.5 Å². The highest BCUT2D eigenvalue weighted by molar-refractivity contribution is 6.35. The maximum Gasteiger partial charge on any atom is 0.354 e. The maximum absolute atomic E-state index is 12.1. The quantitative estimate of drug-likeness (QED) is 0.343. The third-order valence-electron chi connectivity index (χ3n) is 4.75. The Bertz CT molecular complexity index is 957. The number of aromatic nitrogens is 2. The third kappa shape index (κ3) is 6.81. The molecule has 11 nitrogen and oxygen atoms in total. The summed E-state index contributed by atoms with van der Waals surface area (Å²) in [6.45, 7) is 2.92. The van der Waals surface area contributed by atoms with Gasteiger partial charge in [0, 0.05) is 18.1 Å². The van der Waals surface area contributed by atoms with Gasteiger partial charge in [0.25, 0.3) is 5.91 Å². The molecule has 172 valence electrons. The van der Waals surface area contributed by atoms with Crippen molar-refractivity contribution in [3.05, 3.63) is 44.7 Å². The number of hydrogen-bond donors (Lipinski definition) is 3. The van der Waals surface area contributed by atoms with Gasteiger partial charge in [0.1, 0.15) is 12.1 Å². The molecule has 2 heterocycles. The van der Waals surface area contributed by atoms with E-state index in [-0.39, 0.29) is 34.7 Å². The van der Waals surface area contributed by atoms with E-state index in [2.05, 4.69) is 31.0 Å². The fraction of sp³-hybridized carbons (Fsp3) is 0.421. The summed E-state index contributed by atoms with van der Waals surface area (Å²) in [5, 5.41) is 15.3. The molecule has 0 bridgehead atoms. The number of hydrazine groups is 1. The highest BCUT2D eigenvalue weighted by atomic mass is 35.5. The summed E-state index contributed by atoms with van der Waals surface area (Å²) in [7, 11) is 0. The molecule has 3 rings (SSSR count). The molecule has 1 aliphatic heterocycles. The van der Waals surface area contributed by atoms with Crippen LogP contribution in [-0.4, -0.2) is 58.5 Å². The number of benzene rings is 1. The van der Waals surface area contributed by atoms with Gasteiger partial charge in [-0.1, -0.05) is 29.6 Å². The maximum atomic E-state index is 12.1. The van der Waals surface area contributed by atoms with E-state index < -0.39 is 10.8 Å². The van der Waals surface area contributed by atoms with E-state index in [4.69, 9.17) is 27.9 Å². The zero-order valence-electron chi connectivity index (χ0n) is 17.1. The molecular formula is C19H23Cl2N7O4. The minimum Gasteiger partial charge on any atom is -0.482 e. The average molecular weight is 484 g/mol. The second kappa shape index (κ2) is 11.7. The van der Waals surface area contributed by atoms with Gasteiger partial charge in [-0.2, -0.15) is 0 Å². The van der Waals surface area contributed by atoms with Crippen molar-refractivity contribution in [3.8, 4) is 5.75 Å². The van der Waals surface area contributed by atoms with Gasteiger partial charge in [-0.05, 0) is 44.1 Å². The summed E-state index contributed by atoms with van der Waals surface area (Å²) in [6, 6.07) is 4.59. The Morgan fingerprint density at radius 3 is 2.66 bits per heavy atom. The molecule has 1 aromatic carbocycles. The lowest BCUT2D eigenvalue weighted by Gasteiger charge is -2.26. The second-order valence-electron chi connectivity index (χ2n) is 7.04. The van der Waals surface area contributed by atoms with Gasteiger partial charge in [0.2, 0.25) is 11.6 Å². The number of anilines is 2. The lowest BCUT2D eigenvalue weighted by Crippen LogP contribution is -2.35. The van der Waals surface area contributed by atoms with Gasteiger partial charge in [-0.3, -0.25) is 25.8 Å². The fourth-order valence-electron chi connectivity index (χ4n) is 3.19. The first-order chi connectivity index (χ1) is 15.4. The number of carbonyl (C=O) groups is 1. The SMILES string of the molecule is O=C(COc1ccc(Cl)cc1Cl)NNc1ncnc(NCCN2CCCCC2)c1[N+](=O)[O-]. The third-order valence-corrected chi connectivity index (χ3v) is 5.28. The average Bonchev–Trinajstić information content (AvgIpc) is 2.77.